The highest BCUT2D eigenvalue weighted by atomic mass is 32.1. The number of amides is 1. The molecule has 2 aromatic heterocycles. The molecule has 0 bridgehead atoms. The molecule has 0 saturated heterocycles. The number of aromatic nitrogens is 2. The van der Waals surface area contributed by atoms with Crippen LogP contribution < -0.4 is 10.6 Å². The van der Waals surface area contributed by atoms with Crippen LogP contribution in [0.4, 0.5) is 0 Å². The van der Waals surface area contributed by atoms with Crippen LogP contribution in [0.2, 0.25) is 0 Å². The largest absolute Gasteiger partial charge is 0.355 e. The molecule has 0 aliphatic carbocycles. The van der Waals surface area contributed by atoms with Gasteiger partial charge in [0.25, 0.3) is 0 Å². The minimum Gasteiger partial charge on any atom is -0.355 e. The Hall–Kier alpha value is -1.40. The van der Waals surface area contributed by atoms with E-state index < -0.39 is 0 Å². The maximum Gasteiger partial charge on any atom is 0.236 e. The third-order valence-corrected chi connectivity index (χ3v) is 4.29. The van der Waals surface area contributed by atoms with E-state index in [0.717, 1.165) is 29.3 Å². The average Bonchev–Trinajstić information content (AvgIpc) is 2.93. The van der Waals surface area contributed by atoms with Gasteiger partial charge in [-0.1, -0.05) is 6.92 Å². The summed E-state index contributed by atoms with van der Waals surface area (Å²) in [7, 11) is 0. The van der Waals surface area contributed by atoms with Crippen LogP contribution in [-0.2, 0) is 11.3 Å². The molecule has 0 fully saturated rings. The Balaban J connectivity index is 2.03. The molecule has 1 unspecified atom stereocenters. The minimum atomic E-state index is -0.203. The third kappa shape index (κ3) is 3.02. The maximum atomic E-state index is 11.8. The van der Waals surface area contributed by atoms with E-state index in [2.05, 4.69) is 32.3 Å². The van der Waals surface area contributed by atoms with Crippen LogP contribution >= 0.6 is 11.3 Å². The van der Waals surface area contributed by atoms with E-state index in [1.54, 1.807) is 11.3 Å². The quantitative estimate of drug-likeness (QED) is 0.857. The van der Waals surface area contributed by atoms with E-state index in [0.29, 0.717) is 6.54 Å². The normalized spacial score (nSPS) is 12.8. The van der Waals surface area contributed by atoms with E-state index in [1.165, 1.54) is 5.69 Å². The van der Waals surface area contributed by atoms with Crippen molar-refractivity contribution in [1.82, 2.24) is 20.0 Å². The third-order valence-electron chi connectivity index (χ3n) is 3.35. The van der Waals surface area contributed by atoms with E-state index in [1.807, 2.05) is 20.8 Å². The van der Waals surface area contributed by atoms with Crippen LogP contribution in [-0.4, -0.2) is 27.9 Å². The van der Waals surface area contributed by atoms with Gasteiger partial charge in [-0.05, 0) is 27.2 Å². The Morgan fingerprint density at radius 3 is 2.95 bits per heavy atom. The predicted molar refractivity (Wildman–Crippen MR) is 82.1 cm³/mol. The van der Waals surface area contributed by atoms with Crippen molar-refractivity contribution in [2.24, 2.45) is 0 Å². The number of thiazole rings is 1. The highest BCUT2D eigenvalue weighted by Gasteiger charge is 2.15. The minimum absolute atomic E-state index is 0.0484. The van der Waals surface area contributed by atoms with Crippen LogP contribution in [0.1, 0.15) is 37.4 Å². The van der Waals surface area contributed by atoms with E-state index >= 15 is 0 Å². The SMILES string of the molecule is CCCNC(=O)C(C)NCc1c(C)nc2scc(C)n12. The van der Waals surface area contributed by atoms with Gasteiger partial charge >= 0.3 is 0 Å². The van der Waals surface area contributed by atoms with Gasteiger partial charge in [0.1, 0.15) is 0 Å². The monoisotopic (exact) mass is 294 g/mol. The lowest BCUT2D eigenvalue weighted by Crippen LogP contribution is -2.42. The van der Waals surface area contributed by atoms with Crippen LogP contribution in [0.25, 0.3) is 4.96 Å². The topological polar surface area (TPSA) is 58.4 Å². The van der Waals surface area contributed by atoms with Gasteiger partial charge in [0.15, 0.2) is 4.96 Å². The Morgan fingerprint density at radius 1 is 1.50 bits per heavy atom. The first-order chi connectivity index (χ1) is 9.54. The van der Waals surface area contributed by atoms with Gasteiger partial charge in [0.05, 0.1) is 17.4 Å². The molecular formula is C14H22N4OS. The van der Waals surface area contributed by atoms with Crippen LogP contribution in [0, 0.1) is 13.8 Å². The van der Waals surface area contributed by atoms with Crippen molar-refractivity contribution in [3.05, 3.63) is 22.5 Å². The molecule has 110 valence electrons. The Kier molecular flexibility index (Phi) is 4.77. The number of rotatable bonds is 6. The molecule has 2 rings (SSSR count). The lowest BCUT2D eigenvalue weighted by atomic mass is 10.2. The van der Waals surface area contributed by atoms with Gasteiger partial charge in [0, 0.05) is 24.2 Å². The number of nitrogens with one attached hydrogen (secondary N) is 2. The standard InChI is InChI=1S/C14H22N4OS/c1-5-6-15-13(19)11(4)16-7-12-10(3)17-14-18(12)9(2)8-20-14/h8,11,16H,5-7H2,1-4H3,(H,15,19). The fourth-order valence-electron chi connectivity index (χ4n) is 2.12. The summed E-state index contributed by atoms with van der Waals surface area (Å²) in [6.07, 6.45) is 0.953. The first-order valence-electron chi connectivity index (χ1n) is 6.97. The molecule has 2 heterocycles. The van der Waals surface area contributed by atoms with E-state index in [9.17, 15) is 4.79 Å². The number of imidazole rings is 1. The number of nitrogens with zero attached hydrogens (tertiary/aromatic N) is 2. The van der Waals surface area contributed by atoms with E-state index in [4.69, 9.17) is 0 Å². The first-order valence-corrected chi connectivity index (χ1v) is 7.85. The van der Waals surface area contributed by atoms with Crippen LogP contribution in [0.3, 0.4) is 0 Å². The Labute approximate surface area is 123 Å². The molecule has 0 spiro atoms. The predicted octanol–water partition coefficient (Wildman–Crippen LogP) is 2.02. The summed E-state index contributed by atoms with van der Waals surface area (Å²) in [4.78, 5) is 17.4. The summed E-state index contributed by atoms with van der Waals surface area (Å²) in [5, 5.41) is 8.27. The second kappa shape index (κ2) is 6.37. The van der Waals surface area contributed by atoms with Gasteiger partial charge < -0.3 is 10.6 Å². The zero-order valence-corrected chi connectivity index (χ0v) is 13.3. The number of hydrogen-bond donors (Lipinski definition) is 2. The molecule has 6 heteroatoms. The molecule has 2 aromatic rings. The van der Waals surface area contributed by atoms with Crippen molar-refractivity contribution in [1.29, 1.82) is 0 Å². The molecule has 5 nitrogen and oxygen atoms in total. The fourth-order valence-corrected chi connectivity index (χ4v) is 3.05. The summed E-state index contributed by atoms with van der Waals surface area (Å²) in [5.41, 5.74) is 3.34. The smallest absolute Gasteiger partial charge is 0.236 e. The number of fused-ring (bicyclic) bond motifs is 1. The van der Waals surface area contributed by atoms with Gasteiger partial charge in [-0.3, -0.25) is 9.20 Å². The molecule has 0 radical (unpaired) electrons. The summed E-state index contributed by atoms with van der Waals surface area (Å²) in [6, 6.07) is -0.203. The molecule has 0 aromatic carbocycles. The van der Waals surface area contributed by atoms with Crippen molar-refractivity contribution in [3.63, 3.8) is 0 Å². The lowest BCUT2D eigenvalue weighted by Gasteiger charge is -2.14. The maximum absolute atomic E-state index is 11.8. The van der Waals surface area contributed by atoms with Gasteiger partial charge in [-0.15, -0.1) is 11.3 Å². The summed E-state index contributed by atoms with van der Waals surface area (Å²) < 4.78 is 2.16. The fraction of sp³-hybridized carbons (Fsp3) is 0.571. The summed E-state index contributed by atoms with van der Waals surface area (Å²) >= 11 is 1.65. The Bertz CT molecular complexity index is 602. The second-order valence-electron chi connectivity index (χ2n) is 5.03. The molecule has 1 atom stereocenters. The van der Waals surface area contributed by atoms with Crippen molar-refractivity contribution >= 4 is 22.2 Å². The van der Waals surface area contributed by atoms with Crippen LogP contribution in [0.5, 0.6) is 0 Å². The van der Waals surface area contributed by atoms with Gasteiger partial charge in [-0.25, -0.2) is 4.98 Å². The molecule has 0 aliphatic rings. The van der Waals surface area contributed by atoms with Crippen molar-refractivity contribution in [2.45, 2.75) is 46.7 Å². The molecular weight excluding hydrogens is 272 g/mol. The lowest BCUT2D eigenvalue weighted by molar-refractivity contribution is -0.122. The molecule has 0 saturated carbocycles. The molecule has 1 amide bonds. The average molecular weight is 294 g/mol. The second-order valence-corrected chi connectivity index (χ2v) is 5.87. The van der Waals surface area contributed by atoms with Gasteiger partial charge in [-0.2, -0.15) is 0 Å². The summed E-state index contributed by atoms with van der Waals surface area (Å²) in [5.74, 6) is 0.0484. The zero-order chi connectivity index (χ0) is 14.7. The van der Waals surface area contributed by atoms with Crippen molar-refractivity contribution in [3.8, 4) is 0 Å². The number of carbonyl (C=O) groups excluding carboxylic acids is 1. The number of carbonyl (C=O) groups is 1. The number of aryl methyl sites for hydroxylation is 2. The highest BCUT2D eigenvalue weighted by Crippen LogP contribution is 2.20. The number of hydrogen-bond acceptors (Lipinski definition) is 4. The van der Waals surface area contributed by atoms with Gasteiger partial charge in [0.2, 0.25) is 5.91 Å². The van der Waals surface area contributed by atoms with E-state index in [-0.39, 0.29) is 11.9 Å². The molecule has 0 aliphatic heterocycles. The first kappa shape index (κ1) is 15.0. The van der Waals surface area contributed by atoms with Crippen molar-refractivity contribution in [2.75, 3.05) is 6.54 Å². The summed E-state index contributed by atoms with van der Waals surface area (Å²) in [6.45, 7) is 9.39. The molecule has 20 heavy (non-hydrogen) atoms. The molecule has 2 N–H and O–H groups in total. The van der Waals surface area contributed by atoms with Crippen LogP contribution in [0.15, 0.2) is 5.38 Å². The highest BCUT2D eigenvalue weighted by molar-refractivity contribution is 7.15. The van der Waals surface area contributed by atoms with Crippen molar-refractivity contribution < 1.29 is 4.79 Å². The Morgan fingerprint density at radius 2 is 2.25 bits per heavy atom. The zero-order valence-electron chi connectivity index (χ0n) is 12.5.